The second kappa shape index (κ2) is 11.4. The molecular formula is C35H37N3O4. The molecule has 1 N–H and O–H groups in total. The van der Waals surface area contributed by atoms with E-state index in [1.807, 2.05) is 12.1 Å². The van der Waals surface area contributed by atoms with Gasteiger partial charge in [0.25, 0.3) is 5.91 Å². The maximum absolute atomic E-state index is 13.1. The molecule has 1 atom stereocenters. The van der Waals surface area contributed by atoms with E-state index in [1.165, 1.54) is 42.4 Å². The molecule has 42 heavy (non-hydrogen) atoms. The van der Waals surface area contributed by atoms with Crippen LogP contribution in [-0.2, 0) is 29.3 Å². The van der Waals surface area contributed by atoms with E-state index in [-0.39, 0.29) is 18.2 Å². The Balaban J connectivity index is 0.915. The summed E-state index contributed by atoms with van der Waals surface area (Å²) < 4.78 is 6.19. The Morgan fingerprint density at radius 3 is 2.10 bits per heavy atom. The zero-order valence-corrected chi connectivity index (χ0v) is 23.9. The summed E-state index contributed by atoms with van der Waals surface area (Å²) in [6.07, 6.45) is 5.71. The van der Waals surface area contributed by atoms with Crippen LogP contribution in [0.4, 0.5) is 0 Å². The molecule has 7 heteroatoms. The van der Waals surface area contributed by atoms with Gasteiger partial charge in [-0.05, 0) is 91.4 Å². The third-order valence-corrected chi connectivity index (χ3v) is 9.41. The Kier molecular flexibility index (Phi) is 7.28. The van der Waals surface area contributed by atoms with E-state index in [0.717, 1.165) is 36.7 Å². The second-order valence-corrected chi connectivity index (χ2v) is 12.3. The van der Waals surface area contributed by atoms with E-state index in [4.69, 9.17) is 4.74 Å². The highest BCUT2D eigenvalue weighted by atomic mass is 16.5. The smallest absolute Gasteiger partial charge is 0.255 e. The van der Waals surface area contributed by atoms with Gasteiger partial charge in [-0.1, -0.05) is 54.6 Å². The van der Waals surface area contributed by atoms with Gasteiger partial charge < -0.3 is 9.64 Å². The van der Waals surface area contributed by atoms with E-state index in [0.29, 0.717) is 36.8 Å². The molecule has 0 bridgehead atoms. The summed E-state index contributed by atoms with van der Waals surface area (Å²) in [4.78, 5) is 41.1. The Hall–Kier alpha value is -3.97. The van der Waals surface area contributed by atoms with Crippen molar-refractivity contribution >= 4 is 17.7 Å². The fraction of sp³-hybridized carbons (Fsp3) is 0.400. The maximum Gasteiger partial charge on any atom is 0.255 e. The van der Waals surface area contributed by atoms with Gasteiger partial charge in [0, 0.05) is 24.1 Å². The van der Waals surface area contributed by atoms with Gasteiger partial charge in [0.1, 0.15) is 18.4 Å². The molecule has 7 nitrogen and oxygen atoms in total. The first-order valence-corrected chi connectivity index (χ1v) is 15.3. The standard InChI is InChI=1S/C35H37N3O4/c39-33-15-14-31(34(40)36-33)38-21-30-29(35(38)41)2-1-3-32(30)42-22-24-6-4-23(5-7-24)20-37-18-16-28(17-19-37)27-12-10-26(11-13-27)25-8-9-25/h1-7,10-13,25,28,31H,8-9,14-22H2,(H,36,39,40). The van der Waals surface area contributed by atoms with Gasteiger partial charge in [0.15, 0.2) is 0 Å². The highest BCUT2D eigenvalue weighted by Gasteiger charge is 2.40. The van der Waals surface area contributed by atoms with Crippen molar-refractivity contribution in [2.75, 3.05) is 13.1 Å². The Morgan fingerprint density at radius 2 is 1.43 bits per heavy atom. The van der Waals surface area contributed by atoms with E-state index in [9.17, 15) is 14.4 Å². The molecule has 4 aliphatic rings. The molecule has 3 amide bonds. The van der Waals surface area contributed by atoms with Crippen molar-refractivity contribution < 1.29 is 19.1 Å². The van der Waals surface area contributed by atoms with Gasteiger partial charge in [-0.3, -0.25) is 24.6 Å². The number of piperidine rings is 2. The zero-order chi connectivity index (χ0) is 28.6. The molecule has 3 heterocycles. The lowest BCUT2D eigenvalue weighted by molar-refractivity contribution is -0.136. The summed E-state index contributed by atoms with van der Waals surface area (Å²) in [6.45, 7) is 3.90. The monoisotopic (exact) mass is 563 g/mol. The number of carbonyl (C=O) groups excluding carboxylic acids is 3. The summed E-state index contributed by atoms with van der Waals surface area (Å²) in [7, 11) is 0. The van der Waals surface area contributed by atoms with Crippen LogP contribution in [0, 0.1) is 0 Å². The van der Waals surface area contributed by atoms with Crippen molar-refractivity contribution in [1.82, 2.24) is 15.1 Å². The minimum atomic E-state index is -0.632. The minimum Gasteiger partial charge on any atom is -0.489 e. The molecule has 3 aromatic rings. The van der Waals surface area contributed by atoms with E-state index >= 15 is 0 Å². The maximum atomic E-state index is 13.1. The van der Waals surface area contributed by atoms with Crippen molar-refractivity contribution in [3.63, 3.8) is 0 Å². The predicted molar refractivity (Wildman–Crippen MR) is 159 cm³/mol. The lowest BCUT2D eigenvalue weighted by atomic mass is 9.88. The highest BCUT2D eigenvalue weighted by molar-refractivity contribution is 6.05. The summed E-state index contributed by atoms with van der Waals surface area (Å²) >= 11 is 0. The number of fused-ring (bicyclic) bond motifs is 1. The quantitative estimate of drug-likeness (QED) is 0.377. The van der Waals surface area contributed by atoms with Gasteiger partial charge in [-0.15, -0.1) is 0 Å². The molecule has 1 saturated carbocycles. The number of imide groups is 1. The Morgan fingerprint density at radius 1 is 0.762 bits per heavy atom. The number of hydrogen-bond donors (Lipinski definition) is 1. The van der Waals surface area contributed by atoms with Crippen LogP contribution in [0.5, 0.6) is 5.75 Å². The molecule has 1 aliphatic carbocycles. The van der Waals surface area contributed by atoms with Crippen LogP contribution in [0.25, 0.3) is 0 Å². The molecule has 0 spiro atoms. The molecular weight excluding hydrogens is 526 g/mol. The number of likely N-dealkylation sites (tertiary alicyclic amines) is 1. The van der Waals surface area contributed by atoms with Crippen LogP contribution in [-0.4, -0.2) is 46.7 Å². The van der Waals surface area contributed by atoms with Crippen LogP contribution in [0.1, 0.15) is 88.5 Å². The van der Waals surface area contributed by atoms with E-state index in [1.54, 1.807) is 11.0 Å². The normalized spacial score (nSPS) is 21.4. The molecule has 3 aliphatic heterocycles. The van der Waals surface area contributed by atoms with Crippen LogP contribution in [0.3, 0.4) is 0 Å². The minimum absolute atomic E-state index is 0.190. The fourth-order valence-corrected chi connectivity index (χ4v) is 6.73. The Labute approximate surface area is 246 Å². The molecule has 2 saturated heterocycles. The largest absolute Gasteiger partial charge is 0.489 e. The first kappa shape index (κ1) is 26.9. The number of carbonyl (C=O) groups is 3. The molecule has 0 aromatic heterocycles. The van der Waals surface area contributed by atoms with Gasteiger partial charge in [0.2, 0.25) is 11.8 Å². The summed E-state index contributed by atoms with van der Waals surface area (Å²) in [5.74, 6) is 1.26. The summed E-state index contributed by atoms with van der Waals surface area (Å²) in [5, 5.41) is 2.35. The van der Waals surface area contributed by atoms with Crippen LogP contribution in [0.2, 0.25) is 0 Å². The fourth-order valence-electron chi connectivity index (χ4n) is 6.73. The third kappa shape index (κ3) is 5.58. The van der Waals surface area contributed by atoms with E-state index in [2.05, 4.69) is 58.7 Å². The number of benzene rings is 3. The topological polar surface area (TPSA) is 79.0 Å². The van der Waals surface area contributed by atoms with Crippen molar-refractivity contribution in [1.29, 1.82) is 0 Å². The number of hydrogen-bond acceptors (Lipinski definition) is 5. The summed E-state index contributed by atoms with van der Waals surface area (Å²) in [6, 6.07) is 22.9. The lowest BCUT2D eigenvalue weighted by Gasteiger charge is -2.32. The molecule has 3 fully saturated rings. The van der Waals surface area contributed by atoms with Crippen LogP contribution < -0.4 is 10.1 Å². The van der Waals surface area contributed by atoms with Crippen LogP contribution >= 0.6 is 0 Å². The number of nitrogens with one attached hydrogen (secondary N) is 1. The first-order chi connectivity index (χ1) is 20.5. The van der Waals surface area contributed by atoms with Gasteiger partial charge >= 0.3 is 0 Å². The SMILES string of the molecule is O=C1CCC(N2Cc3c(OCc4ccc(CN5CCC(c6ccc(C7CC7)cc6)CC5)cc4)cccc3C2=O)C(=O)N1. The second-order valence-electron chi connectivity index (χ2n) is 12.3. The van der Waals surface area contributed by atoms with Gasteiger partial charge in [-0.2, -0.15) is 0 Å². The predicted octanol–water partition coefficient (Wildman–Crippen LogP) is 5.28. The average molecular weight is 564 g/mol. The summed E-state index contributed by atoms with van der Waals surface area (Å²) in [5.41, 5.74) is 6.75. The zero-order valence-electron chi connectivity index (χ0n) is 23.9. The Bertz CT molecular complexity index is 1490. The molecule has 1 unspecified atom stereocenters. The number of nitrogens with zero attached hydrogens (tertiary/aromatic N) is 2. The molecule has 7 rings (SSSR count). The molecule has 0 radical (unpaired) electrons. The van der Waals surface area contributed by atoms with Gasteiger partial charge in [-0.25, -0.2) is 0 Å². The highest BCUT2D eigenvalue weighted by Crippen LogP contribution is 2.41. The van der Waals surface area contributed by atoms with Crippen molar-refractivity contribution in [2.24, 2.45) is 0 Å². The average Bonchev–Trinajstić information content (AvgIpc) is 3.81. The van der Waals surface area contributed by atoms with Crippen molar-refractivity contribution in [3.8, 4) is 5.75 Å². The van der Waals surface area contributed by atoms with Gasteiger partial charge in [0.05, 0.1) is 6.54 Å². The lowest BCUT2D eigenvalue weighted by Crippen LogP contribution is -2.52. The van der Waals surface area contributed by atoms with Crippen molar-refractivity contribution in [3.05, 3.63) is 100 Å². The van der Waals surface area contributed by atoms with Crippen molar-refractivity contribution in [2.45, 2.75) is 76.1 Å². The number of rotatable bonds is 8. The van der Waals surface area contributed by atoms with Crippen LogP contribution in [0.15, 0.2) is 66.7 Å². The third-order valence-electron chi connectivity index (χ3n) is 9.41. The molecule has 3 aromatic carbocycles. The van der Waals surface area contributed by atoms with E-state index < -0.39 is 11.9 Å². The number of amides is 3. The number of ether oxygens (including phenoxy) is 1. The first-order valence-electron chi connectivity index (χ1n) is 15.3. The molecule has 216 valence electrons.